The van der Waals surface area contributed by atoms with Gasteiger partial charge in [0.15, 0.2) is 17.5 Å². The summed E-state index contributed by atoms with van der Waals surface area (Å²) in [5, 5.41) is 3.31. The molecule has 0 aliphatic heterocycles. The SMILES string of the molecule is CCC(=O)c1ccc(OCC(=O)Nc2ncc(Cc3cccc(C)c3)s2)cc1. The Morgan fingerprint density at radius 3 is 2.64 bits per heavy atom. The quantitative estimate of drug-likeness (QED) is 0.565. The van der Waals surface area contributed by atoms with Gasteiger partial charge < -0.3 is 4.74 Å². The van der Waals surface area contributed by atoms with Crippen LogP contribution in [0.1, 0.15) is 39.7 Å². The summed E-state index contributed by atoms with van der Waals surface area (Å²) in [6.07, 6.45) is 3.03. The largest absolute Gasteiger partial charge is 0.484 e. The minimum atomic E-state index is -0.273. The van der Waals surface area contributed by atoms with Crippen molar-refractivity contribution in [2.24, 2.45) is 0 Å². The van der Waals surface area contributed by atoms with Crippen LogP contribution in [0.15, 0.2) is 54.7 Å². The second-order valence-electron chi connectivity index (χ2n) is 6.44. The highest BCUT2D eigenvalue weighted by molar-refractivity contribution is 7.15. The van der Waals surface area contributed by atoms with E-state index >= 15 is 0 Å². The number of Topliss-reactive ketones (excluding diaryl/α,β-unsaturated/α-hetero) is 1. The lowest BCUT2D eigenvalue weighted by Crippen LogP contribution is -2.20. The molecule has 0 fully saturated rings. The third-order valence-electron chi connectivity index (χ3n) is 4.13. The maximum Gasteiger partial charge on any atom is 0.264 e. The van der Waals surface area contributed by atoms with Gasteiger partial charge in [0.1, 0.15) is 5.75 Å². The summed E-state index contributed by atoms with van der Waals surface area (Å²) < 4.78 is 5.48. The molecule has 6 heteroatoms. The summed E-state index contributed by atoms with van der Waals surface area (Å²) in [4.78, 5) is 29.1. The highest BCUT2D eigenvalue weighted by Gasteiger charge is 2.09. The van der Waals surface area contributed by atoms with Crippen molar-refractivity contribution in [3.8, 4) is 5.75 Å². The maximum absolute atomic E-state index is 12.1. The summed E-state index contributed by atoms with van der Waals surface area (Å²) in [7, 11) is 0. The average molecular weight is 394 g/mol. The van der Waals surface area contributed by atoms with Crippen LogP contribution in [0.3, 0.4) is 0 Å². The van der Waals surface area contributed by atoms with E-state index in [9.17, 15) is 9.59 Å². The normalized spacial score (nSPS) is 10.5. The molecule has 5 nitrogen and oxygen atoms in total. The van der Waals surface area contributed by atoms with Gasteiger partial charge in [0.25, 0.3) is 5.91 Å². The van der Waals surface area contributed by atoms with Gasteiger partial charge in [0.2, 0.25) is 0 Å². The molecule has 0 unspecified atom stereocenters. The number of anilines is 1. The lowest BCUT2D eigenvalue weighted by atomic mass is 10.1. The van der Waals surface area contributed by atoms with Crippen LogP contribution in [0, 0.1) is 6.92 Å². The fourth-order valence-corrected chi connectivity index (χ4v) is 3.58. The Labute approximate surface area is 168 Å². The van der Waals surface area contributed by atoms with E-state index in [0.717, 1.165) is 11.3 Å². The topological polar surface area (TPSA) is 68.3 Å². The van der Waals surface area contributed by atoms with Crippen LogP contribution < -0.4 is 10.1 Å². The summed E-state index contributed by atoms with van der Waals surface area (Å²) in [6.45, 7) is 3.77. The highest BCUT2D eigenvalue weighted by Crippen LogP contribution is 2.21. The van der Waals surface area contributed by atoms with Crippen molar-refractivity contribution in [3.63, 3.8) is 0 Å². The van der Waals surface area contributed by atoms with E-state index in [-0.39, 0.29) is 18.3 Å². The van der Waals surface area contributed by atoms with Crippen molar-refractivity contribution >= 4 is 28.2 Å². The van der Waals surface area contributed by atoms with Crippen LogP contribution in [0.4, 0.5) is 5.13 Å². The number of hydrogen-bond acceptors (Lipinski definition) is 5. The van der Waals surface area contributed by atoms with E-state index in [1.807, 2.05) is 13.0 Å². The van der Waals surface area contributed by atoms with E-state index in [4.69, 9.17) is 4.74 Å². The van der Waals surface area contributed by atoms with Gasteiger partial charge in [-0.2, -0.15) is 0 Å². The molecular weight excluding hydrogens is 372 g/mol. The first kappa shape index (κ1) is 19.8. The van der Waals surface area contributed by atoms with Crippen molar-refractivity contribution in [2.45, 2.75) is 26.7 Å². The van der Waals surface area contributed by atoms with Crippen LogP contribution in [-0.2, 0) is 11.2 Å². The van der Waals surface area contributed by atoms with Crippen LogP contribution in [0.2, 0.25) is 0 Å². The zero-order chi connectivity index (χ0) is 19.9. The minimum Gasteiger partial charge on any atom is -0.484 e. The molecular formula is C22H22N2O3S. The zero-order valence-corrected chi connectivity index (χ0v) is 16.7. The molecule has 1 heterocycles. The Morgan fingerprint density at radius 2 is 1.93 bits per heavy atom. The van der Waals surface area contributed by atoms with Crippen molar-refractivity contribution in [1.82, 2.24) is 4.98 Å². The molecule has 0 atom stereocenters. The number of carbonyl (C=O) groups is 2. The van der Waals surface area contributed by atoms with E-state index in [1.54, 1.807) is 30.5 Å². The number of ether oxygens (including phenoxy) is 1. The van der Waals surface area contributed by atoms with E-state index in [2.05, 4.69) is 35.4 Å². The summed E-state index contributed by atoms with van der Waals surface area (Å²) in [5.74, 6) is 0.349. The number of hydrogen-bond donors (Lipinski definition) is 1. The van der Waals surface area contributed by atoms with E-state index < -0.39 is 0 Å². The third-order valence-corrected chi connectivity index (χ3v) is 5.04. The second kappa shape index (κ2) is 9.28. The van der Waals surface area contributed by atoms with Gasteiger partial charge >= 0.3 is 0 Å². The molecule has 2 aromatic carbocycles. The fourth-order valence-electron chi connectivity index (χ4n) is 2.72. The predicted octanol–water partition coefficient (Wildman–Crippen LogP) is 4.65. The maximum atomic E-state index is 12.1. The molecule has 0 aliphatic rings. The van der Waals surface area contributed by atoms with Gasteiger partial charge in [-0.05, 0) is 36.8 Å². The summed E-state index contributed by atoms with van der Waals surface area (Å²) >= 11 is 1.46. The van der Waals surface area contributed by atoms with E-state index in [0.29, 0.717) is 22.9 Å². The smallest absolute Gasteiger partial charge is 0.264 e. The molecule has 0 saturated heterocycles. The first-order chi connectivity index (χ1) is 13.5. The molecule has 0 spiro atoms. The summed E-state index contributed by atoms with van der Waals surface area (Å²) in [5.41, 5.74) is 3.08. The number of carbonyl (C=O) groups excluding carboxylic acids is 2. The van der Waals surface area contributed by atoms with Gasteiger partial charge in [-0.3, -0.25) is 14.9 Å². The minimum absolute atomic E-state index is 0.0783. The van der Waals surface area contributed by atoms with Crippen LogP contribution >= 0.6 is 11.3 Å². The second-order valence-corrected chi connectivity index (χ2v) is 7.55. The molecule has 0 radical (unpaired) electrons. The Balaban J connectivity index is 1.50. The third kappa shape index (κ3) is 5.50. The van der Waals surface area contributed by atoms with Gasteiger partial charge in [-0.1, -0.05) is 36.8 Å². The molecule has 3 rings (SSSR count). The number of thiazole rings is 1. The number of rotatable bonds is 8. The molecule has 1 aromatic heterocycles. The molecule has 28 heavy (non-hydrogen) atoms. The Bertz CT molecular complexity index is 964. The van der Waals surface area contributed by atoms with E-state index in [1.165, 1.54) is 22.5 Å². The number of aryl methyl sites for hydroxylation is 1. The molecule has 3 aromatic rings. The number of nitrogens with one attached hydrogen (secondary N) is 1. The zero-order valence-electron chi connectivity index (χ0n) is 15.9. The van der Waals surface area contributed by atoms with Gasteiger partial charge in [0, 0.05) is 29.5 Å². The first-order valence-electron chi connectivity index (χ1n) is 9.09. The first-order valence-corrected chi connectivity index (χ1v) is 9.91. The standard InChI is InChI=1S/C22H22N2O3S/c1-3-20(25)17-7-9-18(10-8-17)27-14-21(26)24-22-23-13-19(28-22)12-16-6-4-5-15(2)11-16/h4-11,13H,3,12,14H2,1-2H3,(H,23,24,26). The number of ketones is 1. The highest BCUT2D eigenvalue weighted by atomic mass is 32.1. The van der Waals surface area contributed by atoms with Crippen LogP contribution in [-0.4, -0.2) is 23.3 Å². The van der Waals surface area contributed by atoms with Crippen molar-refractivity contribution in [2.75, 3.05) is 11.9 Å². The number of amides is 1. The van der Waals surface area contributed by atoms with Gasteiger partial charge in [-0.15, -0.1) is 11.3 Å². The molecule has 0 saturated carbocycles. The van der Waals surface area contributed by atoms with Crippen molar-refractivity contribution in [3.05, 3.63) is 76.3 Å². The average Bonchev–Trinajstić information content (AvgIpc) is 3.12. The van der Waals surface area contributed by atoms with Crippen molar-refractivity contribution < 1.29 is 14.3 Å². The Kier molecular flexibility index (Phi) is 6.55. The fraction of sp³-hybridized carbons (Fsp3) is 0.227. The molecule has 1 N–H and O–H groups in total. The number of nitrogens with zero attached hydrogens (tertiary/aromatic N) is 1. The Hall–Kier alpha value is -2.99. The lowest BCUT2D eigenvalue weighted by Gasteiger charge is -2.06. The molecule has 0 aliphatic carbocycles. The monoisotopic (exact) mass is 394 g/mol. The van der Waals surface area contributed by atoms with Crippen molar-refractivity contribution in [1.29, 1.82) is 0 Å². The Morgan fingerprint density at radius 1 is 1.14 bits per heavy atom. The molecule has 0 bridgehead atoms. The number of aromatic nitrogens is 1. The van der Waals surface area contributed by atoms with Gasteiger partial charge in [-0.25, -0.2) is 4.98 Å². The number of benzene rings is 2. The van der Waals surface area contributed by atoms with Crippen LogP contribution in [0.5, 0.6) is 5.75 Å². The molecule has 144 valence electrons. The molecule has 1 amide bonds. The van der Waals surface area contributed by atoms with Gasteiger partial charge in [0.05, 0.1) is 0 Å². The predicted molar refractivity (Wildman–Crippen MR) is 111 cm³/mol. The lowest BCUT2D eigenvalue weighted by molar-refractivity contribution is -0.118. The summed E-state index contributed by atoms with van der Waals surface area (Å²) in [6, 6.07) is 15.1. The van der Waals surface area contributed by atoms with Crippen LogP contribution in [0.25, 0.3) is 0 Å².